The summed E-state index contributed by atoms with van der Waals surface area (Å²) < 4.78 is 33.1. The topological polar surface area (TPSA) is 68.2 Å². The maximum atomic E-state index is 13.7. The summed E-state index contributed by atoms with van der Waals surface area (Å²) in [5.74, 6) is -0.770. The van der Waals surface area contributed by atoms with Gasteiger partial charge in [0.25, 0.3) is 5.92 Å². The van der Waals surface area contributed by atoms with Gasteiger partial charge in [-0.05, 0) is 5.92 Å². The monoisotopic (exact) mass is 294 g/mol. The largest absolute Gasteiger partial charge is 0.455 e. The minimum atomic E-state index is -2.70. The lowest BCUT2D eigenvalue weighted by atomic mass is 9.94. The number of nitrogens with zero attached hydrogens (tertiary/aromatic N) is 3. The highest BCUT2D eigenvalue weighted by Gasteiger charge is 2.39. The molecule has 2 aliphatic rings. The standard InChI is InChI=1S/C14H16F2N4O/c1-7-5-20(6-7)12-11-10(18-13(17)19-12)8-4-14(15,16)3-2-9(8)21-11/h7H,2-6H2,1H3,(H2,17,18,19). The van der Waals surface area contributed by atoms with Crippen LogP contribution in [0.15, 0.2) is 4.42 Å². The average molecular weight is 294 g/mol. The van der Waals surface area contributed by atoms with Gasteiger partial charge in [-0.15, -0.1) is 0 Å². The summed E-state index contributed by atoms with van der Waals surface area (Å²) in [6.07, 6.45) is -0.283. The summed E-state index contributed by atoms with van der Waals surface area (Å²) in [7, 11) is 0. The second-order valence-electron chi connectivity index (χ2n) is 6.13. The number of furan rings is 1. The molecule has 5 nitrogen and oxygen atoms in total. The van der Waals surface area contributed by atoms with E-state index >= 15 is 0 Å². The van der Waals surface area contributed by atoms with E-state index in [1.54, 1.807) is 0 Å². The van der Waals surface area contributed by atoms with Crippen molar-refractivity contribution in [1.82, 2.24) is 9.97 Å². The van der Waals surface area contributed by atoms with Crippen molar-refractivity contribution in [3.63, 3.8) is 0 Å². The Morgan fingerprint density at radius 3 is 2.81 bits per heavy atom. The maximum absolute atomic E-state index is 13.7. The smallest absolute Gasteiger partial charge is 0.252 e. The van der Waals surface area contributed by atoms with Crippen molar-refractivity contribution < 1.29 is 13.2 Å². The minimum Gasteiger partial charge on any atom is -0.455 e. The fourth-order valence-electron chi connectivity index (χ4n) is 3.18. The average Bonchev–Trinajstić information content (AvgIpc) is 2.71. The van der Waals surface area contributed by atoms with Gasteiger partial charge in [0.1, 0.15) is 11.3 Å². The number of hydrogen-bond acceptors (Lipinski definition) is 5. The number of aromatic nitrogens is 2. The van der Waals surface area contributed by atoms with Crippen molar-refractivity contribution in [2.75, 3.05) is 23.7 Å². The van der Waals surface area contributed by atoms with Crippen LogP contribution < -0.4 is 10.6 Å². The molecule has 0 bridgehead atoms. The Morgan fingerprint density at radius 2 is 2.10 bits per heavy atom. The molecule has 1 aliphatic carbocycles. The number of fused-ring (bicyclic) bond motifs is 3. The van der Waals surface area contributed by atoms with E-state index in [4.69, 9.17) is 10.2 Å². The highest BCUT2D eigenvalue weighted by atomic mass is 19.3. The van der Waals surface area contributed by atoms with Crippen LogP contribution in [0, 0.1) is 5.92 Å². The van der Waals surface area contributed by atoms with Crippen LogP contribution in [0.2, 0.25) is 0 Å². The van der Waals surface area contributed by atoms with E-state index in [-0.39, 0.29) is 25.2 Å². The van der Waals surface area contributed by atoms with Gasteiger partial charge in [-0.1, -0.05) is 6.92 Å². The normalized spacial score (nSPS) is 21.4. The fourth-order valence-corrected chi connectivity index (χ4v) is 3.18. The van der Waals surface area contributed by atoms with E-state index in [9.17, 15) is 8.78 Å². The molecule has 4 rings (SSSR count). The predicted octanol–water partition coefficient (Wildman–Crippen LogP) is 2.39. The van der Waals surface area contributed by atoms with Crippen molar-refractivity contribution in [2.24, 2.45) is 5.92 Å². The van der Waals surface area contributed by atoms with E-state index in [0.29, 0.717) is 34.2 Å². The molecular weight excluding hydrogens is 278 g/mol. The molecule has 7 heteroatoms. The third-order valence-electron chi connectivity index (χ3n) is 4.23. The van der Waals surface area contributed by atoms with Crippen LogP contribution in [0.25, 0.3) is 11.1 Å². The van der Waals surface area contributed by atoms with Gasteiger partial charge >= 0.3 is 0 Å². The van der Waals surface area contributed by atoms with Gasteiger partial charge in [0.2, 0.25) is 5.95 Å². The zero-order valence-electron chi connectivity index (χ0n) is 11.7. The lowest BCUT2D eigenvalue weighted by molar-refractivity contribution is -0.0140. The Bertz CT molecular complexity index is 721. The van der Waals surface area contributed by atoms with Gasteiger partial charge in [0.15, 0.2) is 11.4 Å². The summed E-state index contributed by atoms with van der Waals surface area (Å²) in [5.41, 5.74) is 7.20. The first-order valence-corrected chi connectivity index (χ1v) is 7.13. The second-order valence-corrected chi connectivity index (χ2v) is 6.13. The third kappa shape index (κ3) is 1.94. The minimum absolute atomic E-state index is 0.106. The molecule has 0 amide bonds. The zero-order valence-corrected chi connectivity index (χ0v) is 11.7. The van der Waals surface area contributed by atoms with Crippen LogP contribution in [0.5, 0.6) is 0 Å². The Morgan fingerprint density at radius 1 is 1.33 bits per heavy atom. The number of nitrogens with two attached hydrogens (primary N) is 1. The van der Waals surface area contributed by atoms with Crippen molar-refractivity contribution in [3.05, 3.63) is 11.3 Å². The molecular formula is C14H16F2N4O. The molecule has 2 aromatic heterocycles. The van der Waals surface area contributed by atoms with Crippen molar-refractivity contribution in [2.45, 2.75) is 32.1 Å². The summed E-state index contributed by atoms with van der Waals surface area (Å²) >= 11 is 0. The molecule has 21 heavy (non-hydrogen) atoms. The first kappa shape index (κ1) is 12.8. The van der Waals surface area contributed by atoms with Gasteiger partial charge in [-0.2, -0.15) is 4.98 Å². The van der Waals surface area contributed by atoms with E-state index in [1.807, 2.05) is 0 Å². The van der Waals surface area contributed by atoms with Gasteiger partial charge in [0.05, 0.1) is 0 Å². The molecule has 1 fully saturated rings. The second kappa shape index (κ2) is 4.05. The molecule has 0 saturated carbocycles. The Hall–Kier alpha value is -1.92. The summed E-state index contributed by atoms with van der Waals surface area (Å²) in [6, 6.07) is 0. The fraction of sp³-hybridized carbons (Fsp3) is 0.571. The molecule has 0 radical (unpaired) electrons. The summed E-state index contributed by atoms with van der Waals surface area (Å²) in [4.78, 5) is 10.5. The lowest BCUT2D eigenvalue weighted by Crippen LogP contribution is -2.45. The molecule has 0 unspecified atom stereocenters. The molecule has 0 atom stereocenters. The predicted molar refractivity (Wildman–Crippen MR) is 74.6 cm³/mol. The SMILES string of the molecule is CC1CN(c2nc(N)nc3c4c(oc23)CCC(F)(F)C4)C1. The maximum Gasteiger partial charge on any atom is 0.252 e. The van der Waals surface area contributed by atoms with Crippen LogP contribution in [0.4, 0.5) is 20.5 Å². The van der Waals surface area contributed by atoms with Crippen LogP contribution in [-0.4, -0.2) is 29.0 Å². The van der Waals surface area contributed by atoms with Crippen LogP contribution in [0.1, 0.15) is 24.7 Å². The number of aryl methyl sites for hydroxylation is 1. The first-order chi connectivity index (χ1) is 9.93. The number of alkyl halides is 2. The molecule has 3 heterocycles. The number of rotatable bonds is 1. The Labute approximate surface area is 120 Å². The van der Waals surface area contributed by atoms with Crippen LogP contribution in [0.3, 0.4) is 0 Å². The quantitative estimate of drug-likeness (QED) is 0.874. The molecule has 0 spiro atoms. The van der Waals surface area contributed by atoms with Crippen molar-refractivity contribution >= 4 is 22.9 Å². The van der Waals surface area contributed by atoms with Crippen molar-refractivity contribution in [3.8, 4) is 0 Å². The molecule has 0 aromatic carbocycles. The molecule has 2 aromatic rings. The molecule has 112 valence electrons. The number of halogens is 2. The highest BCUT2D eigenvalue weighted by Crippen LogP contribution is 2.41. The Kier molecular flexibility index (Phi) is 2.47. The van der Waals surface area contributed by atoms with Crippen LogP contribution >= 0.6 is 0 Å². The third-order valence-corrected chi connectivity index (χ3v) is 4.23. The van der Waals surface area contributed by atoms with Crippen LogP contribution in [-0.2, 0) is 12.8 Å². The van der Waals surface area contributed by atoms with Gasteiger partial charge in [-0.3, -0.25) is 0 Å². The Balaban J connectivity index is 1.87. The number of nitrogen functional groups attached to an aromatic ring is 1. The molecule has 2 N–H and O–H groups in total. The van der Waals surface area contributed by atoms with Gasteiger partial charge in [0, 0.05) is 37.9 Å². The molecule has 1 aliphatic heterocycles. The zero-order chi connectivity index (χ0) is 14.8. The number of hydrogen-bond donors (Lipinski definition) is 1. The van der Waals surface area contributed by atoms with Crippen molar-refractivity contribution in [1.29, 1.82) is 0 Å². The lowest BCUT2D eigenvalue weighted by Gasteiger charge is -2.37. The molecule has 1 saturated heterocycles. The highest BCUT2D eigenvalue weighted by molar-refractivity contribution is 5.89. The van der Waals surface area contributed by atoms with Gasteiger partial charge in [-0.25, -0.2) is 13.8 Å². The van der Waals surface area contributed by atoms with E-state index < -0.39 is 5.92 Å². The summed E-state index contributed by atoms with van der Waals surface area (Å²) in [5, 5.41) is 0. The van der Waals surface area contributed by atoms with E-state index in [0.717, 1.165) is 13.1 Å². The van der Waals surface area contributed by atoms with E-state index in [2.05, 4.69) is 21.8 Å². The van der Waals surface area contributed by atoms with Gasteiger partial charge < -0.3 is 15.1 Å². The first-order valence-electron chi connectivity index (χ1n) is 7.13. The number of anilines is 2. The summed E-state index contributed by atoms with van der Waals surface area (Å²) in [6.45, 7) is 3.88. The van der Waals surface area contributed by atoms with E-state index in [1.165, 1.54) is 0 Å².